The predicted octanol–water partition coefficient (Wildman–Crippen LogP) is 5.18. The van der Waals surface area contributed by atoms with Crippen LogP contribution in [0.2, 0.25) is 0 Å². The largest absolute Gasteiger partial charge is 0.478 e. The van der Waals surface area contributed by atoms with Crippen molar-refractivity contribution in [3.05, 3.63) is 42.5 Å². The molecule has 0 fully saturated rings. The van der Waals surface area contributed by atoms with Gasteiger partial charge in [0.05, 0.1) is 12.1 Å². The van der Waals surface area contributed by atoms with Crippen LogP contribution >= 0.6 is 0 Å². The zero-order valence-electron chi connectivity index (χ0n) is 14.2. The van der Waals surface area contributed by atoms with E-state index in [0.717, 1.165) is 17.5 Å². The number of para-hydroxylation sites is 1. The number of hydrogen-bond acceptors (Lipinski definition) is 3. The fourth-order valence-corrected chi connectivity index (χ4v) is 2.47. The second-order valence-corrected chi connectivity index (χ2v) is 5.56. The van der Waals surface area contributed by atoms with Crippen molar-refractivity contribution in [2.24, 2.45) is 0 Å². The maximum absolute atomic E-state index is 5.72. The maximum atomic E-state index is 5.72. The lowest BCUT2D eigenvalue weighted by atomic mass is 10.1. The van der Waals surface area contributed by atoms with Gasteiger partial charge in [0, 0.05) is 6.08 Å². The molecule has 1 aromatic carbocycles. The van der Waals surface area contributed by atoms with Crippen LogP contribution in [0.5, 0.6) is 0 Å². The molecule has 4 heteroatoms. The number of benzene rings is 1. The fourth-order valence-electron chi connectivity index (χ4n) is 2.47. The van der Waals surface area contributed by atoms with Crippen LogP contribution in [0, 0.1) is 0 Å². The van der Waals surface area contributed by atoms with E-state index < -0.39 is 0 Å². The zero-order chi connectivity index (χ0) is 16.3. The number of rotatable bonds is 10. The molecule has 124 valence electrons. The number of nitrogens with zero attached hydrogens (tertiary/aromatic N) is 3. The quantitative estimate of drug-likeness (QED) is 0.344. The molecule has 23 heavy (non-hydrogen) atoms. The molecule has 1 heterocycles. The smallest absolute Gasteiger partial charge is 0.216 e. The van der Waals surface area contributed by atoms with Crippen LogP contribution in [0.1, 0.15) is 52.4 Å². The molecule has 0 bridgehead atoms. The molecule has 2 rings (SSSR count). The van der Waals surface area contributed by atoms with Gasteiger partial charge < -0.3 is 4.74 Å². The molecule has 0 unspecified atom stereocenters. The number of allylic oxidation sites excluding steroid dienone is 3. The lowest BCUT2D eigenvalue weighted by molar-refractivity contribution is 0.273. The molecule has 0 atom stereocenters. The first-order valence-electron chi connectivity index (χ1n) is 8.67. The second kappa shape index (κ2) is 9.82. The molecule has 0 spiro atoms. The van der Waals surface area contributed by atoms with Gasteiger partial charge in [0.15, 0.2) is 0 Å². The normalized spacial score (nSPS) is 12.3. The Morgan fingerprint density at radius 3 is 2.78 bits per heavy atom. The summed E-state index contributed by atoms with van der Waals surface area (Å²) < 4.78 is 7.48. The molecule has 0 saturated carbocycles. The highest BCUT2D eigenvalue weighted by Gasteiger charge is 2.08. The van der Waals surface area contributed by atoms with E-state index in [-0.39, 0.29) is 0 Å². The second-order valence-electron chi connectivity index (χ2n) is 5.56. The SMILES string of the molecule is CCCCCCCC=CC=C(OCC)n1nnc2ccccc21. The summed E-state index contributed by atoms with van der Waals surface area (Å²) in [5.41, 5.74) is 1.83. The average molecular weight is 313 g/mol. The minimum absolute atomic E-state index is 0.602. The number of aromatic nitrogens is 3. The van der Waals surface area contributed by atoms with E-state index in [4.69, 9.17) is 4.74 Å². The summed E-state index contributed by atoms with van der Waals surface area (Å²) >= 11 is 0. The maximum Gasteiger partial charge on any atom is 0.216 e. The molecule has 4 nitrogen and oxygen atoms in total. The third-order valence-electron chi connectivity index (χ3n) is 3.70. The Kier molecular flexibility index (Phi) is 7.37. The van der Waals surface area contributed by atoms with E-state index in [1.54, 1.807) is 4.68 Å². The van der Waals surface area contributed by atoms with Gasteiger partial charge in [0.25, 0.3) is 0 Å². The number of fused-ring (bicyclic) bond motifs is 1. The van der Waals surface area contributed by atoms with Crippen molar-refractivity contribution in [1.29, 1.82) is 0 Å². The molecule has 0 aliphatic heterocycles. The Balaban J connectivity index is 1.98. The third-order valence-corrected chi connectivity index (χ3v) is 3.70. The molecular weight excluding hydrogens is 286 g/mol. The molecule has 2 aromatic rings. The molecule has 0 amide bonds. The van der Waals surface area contributed by atoms with E-state index >= 15 is 0 Å². The Bertz CT molecular complexity index is 643. The molecule has 0 N–H and O–H groups in total. The van der Waals surface area contributed by atoms with E-state index in [0.29, 0.717) is 12.5 Å². The number of hydrogen-bond donors (Lipinski definition) is 0. The third kappa shape index (κ3) is 5.23. The van der Waals surface area contributed by atoms with Crippen molar-refractivity contribution in [3.8, 4) is 0 Å². The minimum atomic E-state index is 0.602. The van der Waals surface area contributed by atoms with Gasteiger partial charge in [0.1, 0.15) is 5.52 Å². The van der Waals surface area contributed by atoms with Crippen LogP contribution in [-0.4, -0.2) is 21.6 Å². The van der Waals surface area contributed by atoms with Gasteiger partial charge in [-0.25, -0.2) is 0 Å². The monoisotopic (exact) mass is 313 g/mol. The van der Waals surface area contributed by atoms with Crippen molar-refractivity contribution < 1.29 is 4.74 Å². The van der Waals surface area contributed by atoms with Crippen LogP contribution < -0.4 is 0 Å². The summed E-state index contributed by atoms with van der Waals surface area (Å²) in [5.74, 6) is 0.712. The minimum Gasteiger partial charge on any atom is -0.478 e. The van der Waals surface area contributed by atoms with Crippen LogP contribution in [0.3, 0.4) is 0 Å². The highest BCUT2D eigenvalue weighted by atomic mass is 16.5. The van der Waals surface area contributed by atoms with Gasteiger partial charge >= 0.3 is 0 Å². The van der Waals surface area contributed by atoms with Crippen molar-refractivity contribution in [3.63, 3.8) is 0 Å². The fraction of sp³-hybridized carbons (Fsp3) is 0.474. The van der Waals surface area contributed by atoms with Crippen molar-refractivity contribution in [2.75, 3.05) is 6.61 Å². The van der Waals surface area contributed by atoms with Crippen LogP contribution in [0.4, 0.5) is 0 Å². The summed E-state index contributed by atoms with van der Waals surface area (Å²) in [7, 11) is 0. The van der Waals surface area contributed by atoms with Crippen LogP contribution in [-0.2, 0) is 4.74 Å². The topological polar surface area (TPSA) is 39.9 Å². The summed E-state index contributed by atoms with van der Waals surface area (Å²) in [6.45, 7) is 4.82. The van der Waals surface area contributed by atoms with Crippen LogP contribution in [0.25, 0.3) is 16.9 Å². The Hall–Kier alpha value is -2.10. The summed E-state index contributed by atoms with van der Waals surface area (Å²) in [6, 6.07) is 7.90. The van der Waals surface area contributed by atoms with E-state index in [1.165, 1.54) is 32.1 Å². The zero-order valence-corrected chi connectivity index (χ0v) is 14.2. The van der Waals surface area contributed by atoms with Gasteiger partial charge in [-0.15, -0.1) is 5.10 Å². The Labute approximate surface area is 138 Å². The predicted molar refractivity (Wildman–Crippen MR) is 95.9 cm³/mol. The average Bonchev–Trinajstić information content (AvgIpc) is 3.00. The van der Waals surface area contributed by atoms with Gasteiger partial charge in [-0.1, -0.05) is 62.1 Å². The molecular formula is C19H27N3O. The standard InChI is InChI=1S/C19H27N3O/c1-3-5-6-7-8-9-10-11-16-19(23-4-2)22-18-15-13-12-14-17(18)20-21-22/h10-16H,3-9H2,1-2H3. The first-order valence-corrected chi connectivity index (χ1v) is 8.67. The van der Waals surface area contributed by atoms with E-state index in [9.17, 15) is 0 Å². The van der Waals surface area contributed by atoms with Gasteiger partial charge in [-0.3, -0.25) is 0 Å². The van der Waals surface area contributed by atoms with Crippen LogP contribution in [0.15, 0.2) is 42.5 Å². The lowest BCUT2D eigenvalue weighted by Gasteiger charge is -2.07. The first-order chi connectivity index (χ1) is 11.4. The Morgan fingerprint density at radius 2 is 1.96 bits per heavy atom. The van der Waals surface area contributed by atoms with Gasteiger partial charge in [-0.2, -0.15) is 4.68 Å². The van der Waals surface area contributed by atoms with Gasteiger partial charge in [-0.05, 0) is 31.9 Å². The molecule has 0 radical (unpaired) electrons. The summed E-state index contributed by atoms with van der Waals surface area (Å²) in [6.07, 6.45) is 13.9. The van der Waals surface area contributed by atoms with Gasteiger partial charge in [0.2, 0.25) is 5.88 Å². The lowest BCUT2D eigenvalue weighted by Crippen LogP contribution is -2.03. The molecule has 0 aliphatic carbocycles. The number of ether oxygens (including phenoxy) is 1. The molecule has 0 saturated heterocycles. The van der Waals surface area contributed by atoms with Crippen molar-refractivity contribution in [2.45, 2.75) is 52.4 Å². The highest BCUT2D eigenvalue weighted by molar-refractivity contribution is 5.76. The van der Waals surface area contributed by atoms with E-state index in [2.05, 4.69) is 29.4 Å². The van der Waals surface area contributed by atoms with Crippen molar-refractivity contribution >= 4 is 16.9 Å². The summed E-state index contributed by atoms with van der Waals surface area (Å²) in [5, 5.41) is 8.38. The first kappa shape index (κ1) is 17.3. The van der Waals surface area contributed by atoms with E-state index in [1.807, 2.05) is 37.3 Å². The number of unbranched alkanes of at least 4 members (excludes halogenated alkanes) is 5. The highest BCUT2D eigenvalue weighted by Crippen LogP contribution is 2.16. The molecule has 1 aromatic heterocycles. The molecule has 0 aliphatic rings. The Morgan fingerprint density at radius 1 is 1.13 bits per heavy atom. The van der Waals surface area contributed by atoms with Crippen molar-refractivity contribution in [1.82, 2.24) is 15.0 Å². The summed E-state index contributed by atoms with van der Waals surface area (Å²) in [4.78, 5) is 0.